The van der Waals surface area contributed by atoms with Crippen molar-refractivity contribution in [3.8, 4) is 11.8 Å². The third-order valence-electron chi connectivity index (χ3n) is 4.63. The number of aliphatic carboxylic acids is 1. The second-order valence-corrected chi connectivity index (χ2v) is 5.71. The molecule has 0 aliphatic heterocycles. The van der Waals surface area contributed by atoms with E-state index in [-0.39, 0.29) is 10.8 Å². The maximum atomic E-state index is 11.5. The van der Waals surface area contributed by atoms with Crippen LogP contribution in [0.5, 0.6) is 0 Å². The molecule has 0 aromatic heterocycles. The van der Waals surface area contributed by atoms with E-state index in [1.54, 1.807) is 0 Å². The number of unbranched alkanes of at least 4 members (excludes halogenated alkanes) is 2. The van der Waals surface area contributed by atoms with Gasteiger partial charge in [0, 0.05) is 6.42 Å². The van der Waals surface area contributed by atoms with Crippen molar-refractivity contribution in [2.24, 2.45) is 16.2 Å². The van der Waals surface area contributed by atoms with Crippen LogP contribution in [0, 0.1) is 28.1 Å². The molecule has 0 unspecified atom stereocenters. The van der Waals surface area contributed by atoms with Crippen LogP contribution in [0.4, 0.5) is 0 Å². The lowest BCUT2D eigenvalue weighted by Crippen LogP contribution is -2.21. The Kier molecular flexibility index (Phi) is 3.11. The van der Waals surface area contributed by atoms with Crippen molar-refractivity contribution in [3.63, 3.8) is 0 Å². The topological polar surface area (TPSA) is 37.3 Å². The summed E-state index contributed by atoms with van der Waals surface area (Å²) in [6, 6.07) is 0. The van der Waals surface area contributed by atoms with Gasteiger partial charge in [-0.2, -0.15) is 0 Å². The third kappa shape index (κ3) is 1.38. The molecular formula is C14H22O2. The molecule has 0 saturated heterocycles. The van der Waals surface area contributed by atoms with E-state index in [0.717, 1.165) is 19.3 Å². The van der Waals surface area contributed by atoms with Gasteiger partial charge in [-0.25, -0.2) is 0 Å². The van der Waals surface area contributed by atoms with Crippen LogP contribution in [0.25, 0.3) is 0 Å². The molecule has 1 N–H and O–H groups in total. The number of carbonyl (C=O) groups is 1. The summed E-state index contributed by atoms with van der Waals surface area (Å²) in [5.74, 6) is 5.31. The standard InChI is InChI=1S/C14H22O2/c1-6-7-8-9-10-14(11(15)16)12(2,3)13(14,4)5/h6-8H2,1-5H3,(H,15,16). The van der Waals surface area contributed by atoms with Crippen LogP contribution < -0.4 is 0 Å². The fraction of sp³-hybridized carbons (Fsp3) is 0.786. The van der Waals surface area contributed by atoms with Crippen LogP contribution in [0.3, 0.4) is 0 Å². The molecule has 90 valence electrons. The SMILES string of the molecule is CCCCC#CC1(C(=O)O)C(C)(C)C1(C)C. The Balaban J connectivity index is 2.95. The van der Waals surface area contributed by atoms with E-state index in [4.69, 9.17) is 0 Å². The van der Waals surface area contributed by atoms with E-state index in [9.17, 15) is 9.90 Å². The quantitative estimate of drug-likeness (QED) is 0.587. The zero-order valence-electron chi connectivity index (χ0n) is 11.0. The van der Waals surface area contributed by atoms with Gasteiger partial charge in [-0.15, -0.1) is 5.92 Å². The van der Waals surface area contributed by atoms with Gasteiger partial charge in [-0.1, -0.05) is 47.0 Å². The first-order valence-electron chi connectivity index (χ1n) is 5.99. The van der Waals surface area contributed by atoms with E-state index >= 15 is 0 Å². The molecule has 0 radical (unpaired) electrons. The highest BCUT2D eigenvalue weighted by molar-refractivity contribution is 5.86. The lowest BCUT2D eigenvalue weighted by atomic mass is 9.95. The van der Waals surface area contributed by atoms with E-state index < -0.39 is 11.4 Å². The molecule has 1 fully saturated rings. The first-order valence-corrected chi connectivity index (χ1v) is 5.99. The Morgan fingerprint density at radius 1 is 1.19 bits per heavy atom. The fourth-order valence-corrected chi connectivity index (χ4v) is 2.67. The smallest absolute Gasteiger partial charge is 0.322 e. The molecule has 16 heavy (non-hydrogen) atoms. The van der Waals surface area contributed by atoms with Gasteiger partial charge in [-0.05, 0) is 17.3 Å². The average Bonchev–Trinajstić information content (AvgIpc) is 2.50. The summed E-state index contributed by atoms with van der Waals surface area (Å²) in [6.07, 6.45) is 2.95. The summed E-state index contributed by atoms with van der Waals surface area (Å²) in [7, 11) is 0. The first-order chi connectivity index (χ1) is 7.25. The van der Waals surface area contributed by atoms with Crippen LogP contribution in [0.2, 0.25) is 0 Å². The number of carboxylic acids is 1. The van der Waals surface area contributed by atoms with Gasteiger partial charge in [0.2, 0.25) is 0 Å². The van der Waals surface area contributed by atoms with Crippen LogP contribution >= 0.6 is 0 Å². The van der Waals surface area contributed by atoms with Crippen molar-refractivity contribution in [1.29, 1.82) is 0 Å². The fourth-order valence-electron chi connectivity index (χ4n) is 2.67. The Labute approximate surface area is 98.4 Å². The predicted octanol–water partition coefficient (Wildman–Crippen LogP) is 3.32. The summed E-state index contributed by atoms with van der Waals surface area (Å²) < 4.78 is 0. The second kappa shape index (κ2) is 3.80. The predicted molar refractivity (Wildman–Crippen MR) is 64.9 cm³/mol. The molecule has 2 heteroatoms. The van der Waals surface area contributed by atoms with Crippen LogP contribution in [0.1, 0.15) is 53.9 Å². The lowest BCUT2D eigenvalue weighted by Gasteiger charge is -2.07. The van der Waals surface area contributed by atoms with Crippen molar-refractivity contribution in [1.82, 2.24) is 0 Å². The number of rotatable bonds is 3. The highest BCUT2D eigenvalue weighted by Crippen LogP contribution is 2.77. The minimum atomic E-state index is -0.853. The van der Waals surface area contributed by atoms with E-state index in [2.05, 4.69) is 18.8 Å². The summed E-state index contributed by atoms with van der Waals surface area (Å²) >= 11 is 0. The minimum absolute atomic E-state index is 0.245. The highest BCUT2D eigenvalue weighted by Gasteiger charge is 2.81. The van der Waals surface area contributed by atoms with Crippen molar-refractivity contribution in [2.75, 3.05) is 0 Å². The van der Waals surface area contributed by atoms with E-state index in [0.29, 0.717) is 0 Å². The first kappa shape index (κ1) is 13.1. The Morgan fingerprint density at radius 2 is 1.69 bits per heavy atom. The van der Waals surface area contributed by atoms with Gasteiger partial charge < -0.3 is 5.11 Å². The van der Waals surface area contributed by atoms with Gasteiger partial charge in [-0.3, -0.25) is 4.79 Å². The van der Waals surface area contributed by atoms with Crippen LogP contribution in [-0.4, -0.2) is 11.1 Å². The second-order valence-electron chi connectivity index (χ2n) is 5.71. The third-order valence-corrected chi connectivity index (χ3v) is 4.63. The molecule has 1 aliphatic carbocycles. The molecule has 1 aliphatic rings. The monoisotopic (exact) mass is 222 g/mol. The lowest BCUT2D eigenvalue weighted by molar-refractivity contribution is -0.142. The minimum Gasteiger partial charge on any atom is -0.480 e. The average molecular weight is 222 g/mol. The van der Waals surface area contributed by atoms with Crippen LogP contribution in [0.15, 0.2) is 0 Å². The normalized spacial score (nSPS) is 23.1. The molecule has 1 saturated carbocycles. The van der Waals surface area contributed by atoms with Gasteiger partial charge >= 0.3 is 5.97 Å². The molecule has 2 nitrogen and oxygen atoms in total. The summed E-state index contributed by atoms with van der Waals surface area (Å²) in [4.78, 5) is 11.5. The number of hydrogen-bond donors (Lipinski definition) is 1. The molecule has 0 bridgehead atoms. The largest absolute Gasteiger partial charge is 0.480 e. The van der Waals surface area contributed by atoms with Crippen LogP contribution in [-0.2, 0) is 4.79 Å². The molecular weight excluding hydrogens is 200 g/mol. The van der Waals surface area contributed by atoms with Crippen molar-refractivity contribution in [3.05, 3.63) is 0 Å². The Bertz CT molecular complexity index is 339. The Morgan fingerprint density at radius 3 is 2.00 bits per heavy atom. The van der Waals surface area contributed by atoms with E-state index in [1.165, 1.54) is 0 Å². The van der Waals surface area contributed by atoms with Gasteiger partial charge in [0.1, 0.15) is 5.41 Å². The zero-order chi connectivity index (χ0) is 12.6. The van der Waals surface area contributed by atoms with Gasteiger partial charge in [0.15, 0.2) is 0 Å². The zero-order valence-corrected chi connectivity index (χ0v) is 11.0. The summed E-state index contributed by atoms with van der Waals surface area (Å²) in [6.45, 7) is 10.1. The molecule has 0 spiro atoms. The highest BCUT2D eigenvalue weighted by atomic mass is 16.4. The molecule has 0 atom stereocenters. The molecule has 0 aromatic rings. The van der Waals surface area contributed by atoms with Crippen molar-refractivity contribution >= 4 is 5.97 Å². The summed E-state index contributed by atoms with van der Waals surface area (Å²) in [5.41, 5.74) is -1.34. The maximum absolute atomic E-state index is 11.5. The molecule has 1 rings (SSSR count). The number of carboxylic acid groups (broad SMARTS) is 1. The van der Waals surface area contributed by atoms with E-state index in [1.807, 2.05) is 27.7 Å². The number of hydrogen-bond acceptors (Lipinski definition) is 1. The van der Waals surface area contributed by atoms with Crippen molar-refractivity contribution < 1.29 is 9.90 Å². The molecule has 0 heterocycles. The summed E-state index contributed by atoms with van der Waals surface area (Å²) in [5, 5.41) is 9.43. The molecule has 0 amide bonds. The molecule has 0 aromatic carbocycles. The van der Waals surface area contributed by atoms with Crippen molar-refractivity contribution in [2.45, 2.75) is 53.9 Å². The van der Waals surface area contributed by atoms with Gasteiger partial charge in [0.05, 0.1) is 0 Å². The maximum Gasteiger partial charge on any atom is 0.322 e. The van der Waals surface area contributed by atoms with Gasteiger partial charge in [0.25, 0.3) is 0 Å². The Hall–Kier alpha value is -0.970.